The van der Waals surface area contributed by atoms with E-state index in [0.29, 0.717) is 18.7 Å². The van der Waals surface area contributed by atoms with Gasteiger partial charge >= 0.3 is 5.97 Å². The van der Waals surface area contributed by atoms with Crippen LogP contribution in [0.4, 0.5) is 4.39 Å². The summed E-state index contributed by atoms with van der Waals surface area (Å²) in [7, 11) is 4.95. The Labute approximate surface area is 198 Å². The van der Waals surface area contributed by atoms with E-state index in [4.69, 9.17) is 9.47 Å². The number of ether oxygens (including phenoxy) is 2. The van der Waals surface area contributed by atoms with Crippen molar-refractivity contribution < 1.29 is 18.7 Å². The van der Waals surface area contributed by atoms with Crippen molar-refractivity contribution in [1.29, 1.82) is 0 Å². The van der Waals surface area contributed by atoms with Gasteiger partial charge in [0.1, 0.15) is 17.1 Å². The van der Waals surface area contributed by atoms with Gasteiger partial charge in [-0.25, -0.2) is 9.07 Å². The van der Waals surface area contributed by atoms with Crippen molar-refractivity contribution in [3.63, 3.8) is 0 Å². The topological polar surface area (TPSA) is 91.2 Å². The van der Waals surface area contributed by atoms with Crippen molar-refractivity contribution in [1.82, 2.24) is 25.5 Å². The van der Waals surface area contributed by atoms with Gasteiger partial charge in [0.2, 0.25) is 0 Å². The summed E-state index contributed by atoms with van der Waals surface area (Å²) in [5, 5.41) is 15.1. The summed E-state index contributed by atoms with van der Waals surface area (Å²) < 4.78 is 26.9. The Morgan fingerprint density at radius 2 is 1.97 bits per heavy atom. The smallest absolute Gasteiger partial charge is 0.326 e. The molecule has 3 atom stereocenters. The Kier molecular flexibility index (Phi) is 6.65. The Hall–Kier alpha value is -3.33. The molecule has 34 heavy (non-hydrogen) atoms. The van der Waals surface area contributed by atoms with Gasteiger partial charge in [-0.3, -0.25) is 4.79 Å². The minimum atomic E-state index is -0.964. The third-order valence-electron chi connectivity index (χ3n) is 6.66. The van der Waals surface area contributed by atoms with Gasteiger partial charge in [-0.2, -0.15) is 0 Å². The standard InChI is InChI=1S/C25H30FN5O3/c1-15(2)34-21-11-8-17(23-28-29-30-31(23)4)14-20(21)19-12-13-25(27-3,24(32)33-5)22(19)16-6-9-18(26)10-7-16/h6-11,14-15,19,22,27H,12-13H2,1-5H3/t19-,22-,25+/m1/s1. The second-order valence-corrected chi connectivity index (χ2v) is 8.93. The molecular formula is C25H30FN5O3. The predicted octanol–water partition coefficient (Wildman–Crippen LogP) is 3.60. The van der Waals surface area contributed by atoms with E-state index in [-0.39, 0.29) is 29.7 Å². The van der Waals surface area contributed by atoms with Crippen LogP contribution in [0, 0.1) is 5.82 Å². The first-order chi connectivity index (χ1) is 16.3. The number of nitrogens with zero attached hydrogens (tertiary/aromatic N) is 4. The fourth-order valence-electron chi connectivity index (χ4n) is 5.18. The van der Waals surface area contributed by atoms with Gasteiger partial charge in [0.05, 0.1) is 13.2 Å². The van der Waals surface area contributed by atoms with Gasteiger partial charge in [0, 0.05) is 18.5 Å². The Morgan fingerprint density at radius 1 is 1.24 bits per heavy atom. The molecule has 0 aliphatic heterocycles. The first-order valence-electron chi connectivity index (χ1n) is 11.4. The lowest BCUT2D eigenvalue weighted by atomic mass is 9.75. The normalized spacial score (nSPS) is 22.2. The second kappa shape index (κ2) is 9.50. The van der Waals surface area contributed by atoms with Crippen LogP contribution in [0.1, 0.15) is 49.7 Å². The zero-order valence-corrected chi connectivity index (χ0v) is 20.1. The minimum absolute atomic E-state index is 0.0403. The average molecular weight is 468 g/mol. The summed E-state index contributed by atoms with van der Waals surface area (Å²) in [6, 6.07) is 12.2. The molecule has 8 nitrogen and oxygen atoms in total. The summed E-state index contributed by atoms with van der Waals surface area (Å²) in [6.07, 6.45) is 1.22. The molecule has 1 fully saturated rings. The highest BCUT2D eigenvalue weighted by molar-refractivity contribution is 5.83. The van der Waals surface area contributed by atoms with Crippen molar-refractivity contribution in [2.24, 2.45) is 7.05 Å². The molecular weight excluding hydrogens is 437 g/mol. The predicted molar refractivity (Wildman–Crippen MR) is 125 cm³/mol. The monoisotopic (exact) mass is 467 g/mol. The molecule has 0 amide bonds. The quantitative estimate of drug-likeness (QED) is 0.531. The van der Waals surface area contributed by atoms with E-state index in [1.807, 2.05) is 32.0 Å². The maximum atomic E-state index is 13.8. The molecule has 0 bridgehead atoms. The number of tetrazole rings is 1. The Balaban J connectivity index is 1.90. The molecule has 3 aromatic rings. The average Bonchev–Trinajstić information content (AvgIpc) is 3.43. The van der Waals surface area contributed by atoms with Gasteiger partial charge in [0.25, 0.3) is 0 Å². The number of carbonyl (C=O) groups is 1. The number of aromatic nitrogens is 4. The number of likely N-dealkylation sites (N-methyl/N-ethyl adjacent to an activating group) is 1. The Morgan fingerprint density at radius 3 is 2.56 bits per heavy atom. The van der Waals surface area contributed by atoms with E-state index >= 15 is 0 Å². The molecule has 0 saturated heterocycles. The molecule has 4 rings (SSSR count). The van der Waals surface area contributed by atoms with Crippen LogP contribution in [0.2, 0.25) is 0 Å². The zero-order chi connectivity index (χ0) is 24.5. The summed E-state index contributed by atoms with van der Waals surface area (Å²) in [5.74, 6) is 0.281. The highest BCUT2D eigenvalue weighted by atomic mass is 19.1. The molecule has 1 heterocycles. The van der Waals surface area contributed by atoms with Gasteiger partial charge < -0.3 is 14.8 Å². The molecule has 1 saturated carbocycles. The van der Waals surface area contributed by atoms with Crippen LogP contribution in [0.5, 0.6) is 5.75 Å². The van der Waals surface area contributed by atoms with E-state index in [9.17, 15) is 9.18 Å². The van der Waals surface area contributed by atoms with Crippen molar-refractivity contribution in [3.8, 4) is 17.1 Å². The van der Waals surface area contributed by atoms with Crippen molar-refractivity contribution >= 4 is 5.97 Å². The highest BCUT2D eigenvalue weighted by Gasteiger charge is 2.55. The number of rotatable bonds is 7. The minimum Gasteiger partial charge on any atom is -0.491 e. The van der Waals surface area contributed by atoms with Crippen LogP contribution in [-0.4, -0.2) is 52.0 Å². The Bertz CT molecular complexity index is 1160. The number of esters is 1. The molecule has 180 valence electrons. The van der Waals surface area contributed by atoms with Crippen LogP contribution < -0.4 is 10.1 Å². The zero-order valence-electron chi connectivity index (χ0n) is 20.1. The molecule has 0 radical (unpaired) electrons. The number of carbonyl (C=O) groups excluding carboxylic acids is 1. The number of nitrogens with one attached hydrogen (secondary N) is 1. The lowest BCUT2D eigenvalue weighted by molar-refractivity contribution is -0.149. The van der Waals surface area contributed by atoms with Crippen LogP contribution in [0.3, 0.4) is 0 Å². The van der Waals surface area contributed by atoms with E-state index in [1.54, 1.807) is 30.9 Å². The SMILES string of the molecule is CN[C@@]1(C(=O)OC)CC[C@H](c2cc(-c3nnnn3C)ccc2OC(C)C)[C@H]1c1ccc(F)cc1. The van der Waals surface area contributed by atoms with Crippen molar-refractivity contribution in [2.75, 3.05) is 14.2 Å². The molecule has 9 heteroatoms. The molecule has 1 N–H and O–H groups in total. The van der Waals surface area contributed by atoms with Crippen LogP contribution >= 0.6 is 0 Å². The van der Waals surface area contributed by atoms with Crippen molar-refractivity contribution in [2.45, 2.75) is 50.2 Å². The fourth-order valence-corrected chi connectivity index (χ4v) is 5.18. The third-order valence-corrected chi connectivity index (χ3v) is 6.66. The van der Waals surface area contributed by atoms with Crippen molar-refractivity contribution in [3.05, 3.63) is 59.4 Å². The van der Waals surface area contributed by atoms with E-state index in [2.05, 4.69) is 20.8 Å². The summed E-state index contributed by atoms with van der Waals surface area (Å²) in [6.45, 7) is 3.95. The third kappa shape index (κ3) is 4.16. The number of benzene rings is 2. The molecule has 0 spiro atoms. The first-order valence-corrected chi connectivity index (χ1v) is 11.4. The molecule has 0 unspecified atom stereocenters. The summed E-state index contributed by atoms with van der Waals surface area (Å²) in [4.78, 5) is 13.1. The van der Waals surface area contributed by atoms with Crippen LogP contribution in [0.25, 0.3) is 11.4 Å². The van der Waals surface area contributed by atoms with Gasteiger partial charge in [-0.15, -0.1) is 5.10 Å². The first kappa shape index (κ1) is 23.8. The lowest BCUT2D eigenvalue weighted by Gasteiger charge is -2.36. The lowest BCUT2D eigenvalue weighted by Crippen LogP contribution is -2.53. The largest absolute Gasteiger partial charge is 0.491 e. The van der Waals surface area contributed by atoms with Gasteiger partial charge in [-0.1, -0.05) is 12.1 Å². The van der Waals surface area contributed by atoms with Gasteiger partial charge in [0.15, 0.2) is 5.82 Å². The fraction of sp³-hybridized carbons (Fsp3) is 0.440. The summed E-state index contributed by atoms with van der Waals surface area (Å²) in [5.41, 5.74) is 1.68. The van der Waals surface area contributed by atoms with Crippen LogP contribution in [0.15, 0.2) is 42.5 Å². The maximum Gasteiger partial charge on any atom is 0.326 e. The second-order valence-electron chi connectivity index (χ2n) is 8.93. The molecule has 2 aromatic carbocycles. The number of aryl methyl sites for hydroxylation is 1. The number of hydrogen-bond donors (Lipinski definition) is 1. The van der Waals surface area contributed by atoms with E-state index in [0.717, 1.165) is 22.4 Å². The molecule has 1 aliphatic carbocycles. The number of methoxy groups -OCH3 is 1. The summed E-state index contributed by atoms with van der Waals surface area (Å²) >= 11 is 0. The van der Waals surface area contributed by atoms with Crippen LogP contribution in [-0.2, 0) is 16.6 Å². The van der Waals surface area contributed by atoms with Gasteiger partial charge in [-0.05, 0) is 91.5 Å². The molecule has 1 aliphatic rings. The van der Waals surface area contributed by atoms with E-state index in [1.165, 1.54) is 19.2 Å². The highest BCUT2D eigenvalue weighted by Crippen LogP contribution is 2.54. The number of halogens is 1. The molecule has 1 aromatic heterocycles. The maximum absolute atomic E-state index is 13.8. The van der Waals surface area contributed by atoms with E-state index < -0.39 is 5.54 Å². The number of hydrogen-bond acceptors (Lipinski definition) is 7.